The molecular weight excluding hydrogens is 394 g/mol. The lowest BCUT2D eigenvalue weighted by molar-refractivity contribution is -0.125. The van der Waals surface area contributed by atoms with E-state index in [1.165, 1.54) is 25.9 Å². The van der Waals surface area contributed by atoms with Crippen LogP contribution in [0.2, 0.25) is 0 Å². The minimum absolute atomic E-state index is 0.120. The van der Waals surface area contributed by atoms with E-state index in [-0.39, 0.29) is 11.8 Å². The quantitative estimate of drug-likeness (QED) is 0.684. The van der Waals surface area contributed by atoms with Crippen LogP contribution in [0.15, 0.2) is 29.6 Å². The molecule has 6 nitrogen and oxygen atoms in total. The summed E-state index contributed by atoms with van der Waals surface area (Å²) in [6.45, 7) is 8.37. The highest BCUT2D eigenvalue weighted by molar-refractivity contribution is 7.13. The lowest BCUT2D eigenvalue weighted by Gasteiger charge is -2.32. The Balaban J connectivity index is 1.16. The van der Waals surface area contributed by atoms with E-state index in [1.54, 1.807) is 11.3 Å². The first-order chi connectivity index (χ1) is 14.7. The van der Waals surface area contributed by atoms with Crippen LogP contribution in [-0.4, -0.2) is 60.3 Å². The van der Waals surface area contributed by atoms with Gasteiger partial charge in [0, 0.05) is 32.1 Å². The number of aromatic nitrogens is 2. The van der Waals surface area contributed by atoms with Crippen molar-refractivity contribution in [1.82, 2.24) is 20.4 Å². The minimum Gasteiger partial charge on any atom is -0.356 e. The summed E-state index contributed by atoms with van der Waals surface area (Å²) in [5.41, 5.74) is 0.919. The zero-order valence-corrected chi connectivity index (χ0v) is 18.7. The highest BCUT2D eigenvalue weighted by atomic mass is 32.1. The fourth-order valence-corrected chi connectivity index (χ4v) is 5.26. The van der Waals surface area contributed by atoms with E-state index in [2.05, 4.69) is 43.7 Å². The molecule has 1 N–H and O–H groups in total. The van der Waals surface area contributed by atoms with Crippen LogP contribution in [0.25, 0.3) is 10.6 Å². The molecule has 2 aliphatic heterocycles. The highest BCUT2D eigenvalue weighted by Crippen LogP contribution is 2.25. The number of hydrogen-bond acceptors (Lipinski definition) is 6. The lowest BCUT2D eigenvalue weighted by atomic mass is 9.96. The van der Waals surface area contributed by atoms with Crippen molar-refractivity contribution < 1.29 is 4.79 Å². The predicted molar refractivity (Wildman–Crippen MR) is 123 cm³/mol. The second kappa shape index (κ2) is 10.4. The van der Waals surface area contributed by atoms with Gasteiger partial charge < -0.3 is 15.1 Å². The lowest BCUT2D eigenvalue weighted by Crippen LogP contribution is -2.42. The topological polar surface area (TPSA) is 61.4 Å². The van der Waals surface area contributed by atoms with Crippen molar-refractivity contribution in [3.8, 4) is 10.6 Å². The summed E-state index contributed by atoms with van der Waals surface area (Å²) in [6, 6.07) is 8.17. The van der Waals surface area contributed by atoms with Gasteiger partial charge in [0.05, 0.1) is 4.88 Å². The maximum absolute atomic E-state index is 12.6. The molecule has 1 atom stereocenters. The van der Waals surface area contributed by atoms with E-state index in [0.717, 1.165) is 67.7 Å². The van der Waals surface area contributed by atoms with Crippen LogP contribution in [-0.2, 0) is 4.79 Å². The fourth-order valence-electron chi connectivity index (χ4n) is 4.57. The molecule has 4 heterocycles. The number of thiophene rings is 1. The van der Waals surface area contributed by atoms with E-state index in [1.807, 2.05) is 18.2 Å². The number of piperidine rings is 2. The Hall–Kier alpha value is -1.99. The molecule has 2 aliphatic rings. The first-order valence-electron chi connectivity index (χ1n) is 11.3. The smallest absolute Gasteiger partial charge is 0.223 e. The maximum atomic E-state index is 12.6. The van der Waals surface area contributed by atoms with Crippen LogP contribution in [0.1, 0.15) is 39.0 Å². The van der Waals surface area contributed by atoms with E-state index >= 15 is 0 Å². The maximum Gasteiger partial charge on any atom is 0.223 e. The molecule has 162 valence electrons. The molecular formula is C23H33N5OS. The van der Waals surface area contributed by atoms with Crippen LogP contribution >= 0.6 is 11.3 Å². The van der Waals surface area contributed by atoms with Gasteiger partial charge in [-0.2, -0.15) is 0 Å². The fraction of sp³-hybridized carbons (Fsp3) is 0.609. The van der Waals surface area contributed by atoms with Gasteiger partial charge in [-0.3, -0.25) is 4.79 Å². The molecule has 0 spiro atoms. The number of carbonyl (C=O) groups is 1. The van der Waals surface area contributed by atoms with Crippen LogP contribution in [0.3, 0.4) is 0 Å². The number of nitrogens with zero attached hydrogens (tertiary/aromatic N) is 4. The van der Waals surface area contributed by atoms with Gasteiger partial charge in [-0.05, 0) is 74.7 Å². The van der Waals surface area contributed by atoms with Crippen molar-refractivity contribution in [1.29, 1.82) is 0 Å². The average Bonchev–Trinajstić information content (AvgIpc) is 3.32. The second-order valence-corrected chi connectivity index (χ2v) is 9.66. The Kier molecular flexibility index (Phi) is 7.33. The largest absolute Gasteiger partial charge is 0.356 e. The van der Waals surface area contributed by atoms with E-state index < -0.39 is 0 Å². The number of likely N-dealkylation sites (tertiary alicyclic amines) is 1. The van der Waals surface area contributed by atoms with Gasteiger partial charge >= 0.3 is 0 Å². The molecule has 7 heteroatoms. The molecule has 0 saturated carbocycles. The minimum atomic E-state index is 0.120. The Morgan fingerprint density at radius 3 is 2.73 bits per heavy atom. The highest BCUT2D eigenvalue weighted by Gasteiger charge is 2.25. The van der Waals surface area contributed by atoms with Gasteiger partial charge in [0.2, 0.25) is 5.91 Å². The molecule has 2 fully saturated rings. The molecule has 2 saturated heterocycles. The molecule has 2 aromatic rings. The number of nitrogens with one attached hydrogen (secondary N) is 1. The number of hydrogen-bond donors (Lipinski definition) is 1. The summed E-state index contributed by atoms with van der Waals surface area (Å²) in [7, 11) is 0. The summed E-state index contributed by atoms with van der Waals surface area (Å²) < 4.78 is 0. The Morgan fingerprint density at radius 1 is 1.17 bits per heavy atom. The number of rotatable bonds is 7. The molecule has 2 aromatic heterocycles. The molecule has 4 rings (SSSR count). The second-order valence-electron chi connectivity index (χ2n) is 8.71. The summed E-state index contributed by atoms with van der Waals surface area (Å²) in [6.07, 6.45) is 5.47. The van der Waals surface area contributed by atoms with Gasteiger partial charge in [0.25, 0.3) is 0 Å². The van der Waals surface area contributed by atoms with E-state index in [0.29, 0.717) is 0 Å². The van der Waals surface area contributed by atoms with Crippen LogP contribution < -0.4 is 10.2 Å². The van der Waals surface area contributed by atoms with Gasteiger partial charge in [-0.15, -0.1) is 21.5 Å². The summed E-state index contributed by atoms with van der Waals surface area (Å²) in [5.74, 6) is 2.07. The number of carbonyl (C=O) groups excluding carboxylic acids is 1. The standard InChI is InChI=1S/C23H33N5OS/c1-18-5-2-12-27(17-18)13-4-11-24-23(29)19-9-14-28(15-10-19)22-8-7-20(25-26-22)21-6-3-16-30-21/h3,6-8,16,18-19H,2,4-5,9-15,17H2,1H3,(H,24,29)/t18-/m1/s1. The SMILES string of the molecule is C[C@@H]1CCCN(CCCNC(=O)C2CCN(c3ccc(-c4cccs4)nn3)CC2)C1. The van der Waals surface area contributed by atoms with Gasteiger partial charge in [0.15, 0.2) is 5.82 Å². The summed E-state index contributed by atoms with van der Waals surface area (Å²) in [5, 5.41) is 14.0. The van der Waals surface area contributed by atoms with E-state index in [9.17, 15) is 4.79 Å². The summed E-state index contributed by atoms with van der Waals surface area (Å²) >= 11 is 1.67. The van der Waals surface area contributed by atoms with Crippen molar-refractivity contribution in [2.24, 2.45) is 11.8 Å². The van der Waals surface area contributed by atoms with Gasteiger partial charge in [-0.1, -0.05) is 13.0 Å². The van der Waals surface area contributed by atoms with Crippen LogP contribution in [0, 0.1) is 11.8 Å². The molecule has 0 unspecified atom stereocenters. The third-order valence-corrected chi connectivity index (χ3v) is 7.20. The number of anilines is 1. The van der Waals surface area contributed by atoms with Crippen molar-refractivity contribution in [2.75, 3.05) is 44.2 Å². The first-order valence-corrected chi connectivity index (χ1v) is 12.2. The Bertz CT molecular complexity index is 786. The third-order valence-electron chi connectivity index (χ3n) is 6.31. The molecule has 0 aromatic carbocycles. The third kappa shape index (κ3) is 5.58. The number of amides is 1. The van der Waals surface area contributed by atoms with Crippen molar-refractivity contribution >= 4 is 23.1 Å². The molecule has 30 heavy (non-hydrogen) atoms. The van der Waals surface area contributed by atoms with E-state index in [4.69, 9.17) is 0 Å². The van der Waals surface area contributed by atoms with Crippen LogP contribution in [0.5, 0.6) is 0 Å². The summed E-state index contributed by atoms with van der Waals surface area (Å²) in [4.78, 5) is 18.5. The van der Waals surface area contributed by atoms with Gasteiger partial charge in [-0.25, -0.2) is 0 Å². The van der Waals surface area contributed by atoms with Crippen molar-refractivity contribution in [3.05, 3.63) is 29.6 Å². The Labute approximate surface area is 183 Å². The monoisotopic (exact) mass is 427 g/mol. The molecule has 1 amide bonds. The van der Waals surface area contributed by atoms with Crippen LogP contribution in [0.4, 0.5) is 5.82 Å². The average molecular weight is 428 g/mol. The zero-order valence-electron chi connectivity index (χ0n) is 17.9. The Morgan fingerprint density at radius 2 is 2.03 bits per heavy atom. The zero-order chi connectivity index (χ0) is 20.8. The predicted octanol–water partition coefficient (Wildman–Crippen LogP) is 3.66. The molecule has 0 aliphatic carbocycles. The molecule has 0 bridgehead atoms. The van der Waals surface area contributed by atoms with Gasteiger partial charge in [0.1, 0.15) is 5.69 Å². The molecule has 0 radical (unpaired) electrons. The van der Waals surface area contributed by atoms with Crippen molar-refractivity contribution in [3.63, 3.8) is 0 Å². The first kappa shape index (κ1) is 21.2. The normalized spacial score (nSPS) is 21.0. The van der Waals surface area contributed by atoms with Crippen molar-refractivity contribution in [2.45, 2.75) is 39.0 Å².